The van der Waals surface area contributed by atoms with Gasteiger partial charge in [-0.1, -0.05) is 12.1 Å². The van der Waals surface area contributed by atoms with Crippen molar-refractivity contribution in [1.82, 2.24) is 10.3 Å². The van der Waals surface area contributed by atoms with Gasteiger partial charge >= 0.3 is 0 Å². The van der Waals surface area contributed by atoms with E-state index in [1.165, 1.54) is 0 Å². The van der Waals surface area contributed by atoms with Gasteiger partial charge in [-0.05, 0) is 42.0 Å². The van der Waals surface area contributed by atoms with E-state index in [0.717, 1.165) is 35.5 Å². The van der Waals surface area contributed by atoms with Gasteiger partial charge in [-0.2, -0.15) is 0 Å². The topological polar surface area (TPSA) is 67.5 Å². The van der Waals surface area contributed by atoms with E-state index < -0.39 is 0 Å². The maximum Gasteiger partial charge on any atom is 0.226 e. The van der Waals surface area contributed by atoms with Crippen LogP contribution in [0.25, 0.3) is 11.5 Å². The van der Waals surface area contributed by atoms with Crippen LogP contribution in [0.2, 0.25) is 0 Å². The lowest BCUT2D eigenvalue weighted by atomic mass is 10.2. The van der Waals surface area contributed by atoms with E-state index in [9.17, 15) is 5.11 Å². The molecule has 1 aromatic heterocycles. The number of aromatic nitrogens is 1. The summed E-state index contributed by atoms with van der Waals surface area (Å²) in [6, 6.07) is 14.9. The van der Waals surface area contributed by atoms with Crippen molar-refractivity contribution in [3.05, 3.63) is 66.1 Å². The third-order valence-corrected chi connectivity index (χ3v) is 3.69. The van der Waals surface area contributed by atoms with Gasteiger partial charge in [-0.25, -0.2) is 4.98 Å². The fourth-order valence-corrected chi connectivity index (χ4v) is 2.40. The number of hydrogen-bond donors (Lipinski definition) is 2. The Morgan fingerprint density at radius 2 is 2.00 bits per heavy atom. The average Bonchev–Trinajstić information content (AvgIpc) is 3.08. The number of nitrogens with one attached hydrogen (secondary N) is 1. The molecule has 5 heteroatoms. The molecule has 0 bridgehead atoms. The van der Waals surface area contributed by atoms with E-state index in [1.54, 1.807) is 25.5 Å². The molecule has 0 atom stereocenters. The fourth-order valence-electron chi connectivity index (χ4n) is 2.40. The van der Waals surface area contributed by atoms with Crippen LogP contribution >= 0.6 is 0 Å². The summed E-state index contributed by atoms with van der Waals surface area (Å²) in [6.07, 6.45) is 2.47. The number of ether oxygens (including phenoxy) is 1. The molecule has 5 nitrogen and oxygen atoms in total. The van der Waals surface area contributed by atoms with Crippen molar-refractivity contribution >= 4 is 0 Å². The summed E-state index contributed by atoms with van der Waals surface area (Å²) in [5, 5.41) is 12.8. The van der Waals surface area contributed by atoms with Crippen molar-refractivity contribution in [2.75, 3.05) is 13.7 Å². The molecule has 0 aliphatic heterocycles. The highest BCUT2D eigenvalue weighted by Crippen LogP contribution is 2.21. The van der Waals surface area contributed by atoms with Crippen molar-refractivity contribution in [3.8, 4) is 23.0 Å². The summed E-state index contributed by atoms with van der Waals surface area (Å²) in [4.78, 5) is 4.51. The molecular formula is C19H20N2O3. The second-order valence-corrected chi connectivity index (χ2v) is 5.47. The van der Waals surface area contributed by atoms with Crippen LogP contribution in [-0.4, -0.2) is 23.7 Å². The monoisotopic (exact) mass is 324 g/mol. The predicted octanol–water partition coefficient (Wildman–Crippen LogP) is 3.39. The number of methoxy groups -OCH3 is 1. The first kappa shape index (κ1) is 16.1. The Balaban J connectivity index is 1.50. The van der Waals surface area contributed by atoms with Crippen molar-refractivity contribution in [2.24, 2.45) is 0 Å². The molecule has 0 spiro atoms. The summed E-state index contributed by atoms with van der Waals surface area (Å²) in [5.41, 5.74) is 2.88. The summed E-state index contributed by atoms with van der Waals surface area (Å²) < 4.78 is 10.7. The molecule has 2 N–H and O–H groups in total. The molecule has 3 aromatic rings. The Labute approximate surface area is 140 Å². The minimum atomic E-state index is 0.287. The highest BCUT2D eigenvalue weighted by atomic mass is 16.5. The third kappa shape index (κ3) is 4.14. The summed E-state index contributed by atoms with van der Waals surface area (Å²) >= 11 is 0. The quantitative estimate of drug-likeness (QED) is 0.652. The molecule has 0 unspecified atom stereocenters. The maximum atomic E-state index is 9.43. The molecule has 1 heterocycles. The minimum Gasteiger partial charge on any atom is -0.508 e. The lowest BCUT2D eigenvalue weighted by Gasteiger charge is -2.04. The summed E-state index contributed by atoms with van der Waals surface area (Å²) in [5.74, 6) is 1.71. The first-order chi connectivity index (χ1) is 11.7. The Morgan fingerprint density at radius 3 is 2.75 bits per heavy atom. The minimum absolute atomic E-state index is 0.287. The zero-order chi connectivity index (χ0) is 16.8. The highest BCUT2D eigenvalue weighted by Gasteiger charge is 2.07. The van der Waals surface area contributed by atoms with E-state index in [1.807, 2.05) is 36.4 Å². The SMILES string of the molecule is COc1ccc(-c2nc(CCNCc3cccc(O)c3)co2)cc1. The number of hydrogen-bond acceptors (Lipinski definition) is 5. The lowest BCUT2D eigenvalue weighted by molar-refractivity contribution is 0.415. The molecule has 0 aliphatic carbocycles. The highest BCUT2D eigenvalue weighted by molar-refractivity contribution is 5.54. The van der Waals surface area contributed by atoms with Crippen molar-refractivity contribution in [3.63, 3.8) is 0 Å². The fraction of sp³-hybridized carbons (Fsp3) is 0.211. The van der Waals surface area contributed by atoms with Crippen LogP contribution in [0.3, 0.4) is 0 Å². The predicted molar refractivity (Wildman–Crippen MR) is 92.0 cm³/mol. The number of oxazole rings is 1. The Kier molecular flexibility index (Phi) is 5.13. The van der Waals surface area contributed by atoms with Gasteiger partial charge in [0.15, 0.2) is 0 Å². The van der Waals surface area contributed by atoms with E-state index >= 15 is 0 Å². The standard InChI is InChI=1S/C19H20N2O3/c1-23-18-7-5-15(6-8-18)19-21-16(13-24-19)9-10-20-12-14-3-2-4-17(22)11-14/h2-8,11,13,20,22H,9-10,12H2,1H3. The maximum absolute atomic E-state index is 9.43. The first-order valence-corrected chi connectivity index (χ1v) is 7.82. The van der Waals surface area contributed by atoms with Crippen LogP contribution in [0.4, 0.5) is 0 Å². The molecule has 3 rings (SSSR count). The normalized spacial score (nSPS) is 10.7. The van der Waals surface area contributed by atoms with E-state index in [2.05, 4.69) is 10.3 Å². The molecule has 2 aromatic carbocycles. The van der Waals surface area contributed by atoms with Crippen molar-refractivity contribution < 1.29 is 14.3 Å². The van der Waals surface area contributed by atoms with E-state index in [-0.39, 0.29) is 5.75 Å². The van der Waals surface area contributed by atoms with E-state index in [0.29, 0.717) is 12.4 Å². The van der Waals surface area contributed by atoms with Gasteiger partial charge in [-0.15, -0.1) is 0 Å². The smallest absolute Gasteiger partial charge is 0.226 e. The van der Waals surface area contributed by atoms with Gasteiger partial charge in [0.05, 0.1) is 12.8 Å². The van der Waals surface area contributed by atoms with Gasteiger partial charge in [0, 0.05) is 25.1 Å². The number of phenolic OH excluding ortho intramolecular Hbond substituents is 1. The van der Waals surface area contributed by atoms with Crippen LogP contribution in [0.5, 0.6) is 11.5 Å². The lowest BCUT2D eigenvalue weighted by Crippen LogP contribution is -2.16. The number of rotatable bonds is 7. The number of nitrogens with zero attached hydrogens (tertiary/aromatic N) is 1. The zero-order valence-electron chi connectivity index (χ0n) is 13.5. The molecule has 0 saturated carbocycles. The van der Waals surface area contributed by atoms with Gasteiger partial charge in [0.2, 0.25) is 5.89 Å². The zero-order valence-corrected chi connectivity index (χ0v) is 13.5. The number of phenols is 1. The van der Waals surface area contributed by atoms with Gasteiger partial charge in [-0.3, -0.25) is 0 Å². The second-order valence-electron chi connectivity index (χ2n) is 5.47. The van der Waals surface area contributed by atoms with Crippen LogP contribution in [0.15, 0.2) is 59.2 Å². The molecule has 0 fully saturated rings. The van der Waals surface area contributed by atoms with Gasteiger partial charge in [0.25, 0.3) is 0 Å². The molecule has 0 aliphatic rings. The van der Waals surface area contributed by atoms with E-state index in [4.69, 9.17) is 9.15 Å². The molecule has 0 amide bonds. The molecular weight excluding hydrogens is 304 g/mol. The molecule has 0 saturated heterocycles. The van der Waals surface area contributed by atoms with Crippen molar-refractivity contribution in [1.29, 1.82) is 0 Å². The first-order valence-electron chi connectivity index (χ1n) is 7.82. The van der Waals surface area contributed by atoms with Gasteiger partial charge in [0.1, 0.15) is 17.8 Å². The molecule has 24 heavy (non-hydrogen) atoms. The van der Waals surface area contributed by atoms with Gasteiger partial charge < -0.3 is 19.6 Å². The Morgan fingerprint density at radius 1 is 1.17 bits per heavy atom. The van der Waals surface area contributed by atoms with Crippen LogP contribution in [-0.2, 0) is 13.0 Å². The number of benzene rings is 2. The summed E-state index contributed by atoms with van der Waals surface area (Å²) in [6.45, 7) is 1.49. The van der Waals surface area contributed by atoms with Crippen LogP contribution in [0, 0.1) is 0 Å². The summed E-state index contributed by atoms with van der Waals surface area (Å²) in [7, 11) is 1.64. The third-order valence-electron chi connectivity index (χ3n) is 3.69. The van der Waals surface area contributed by atoms with Crippen molar-refractivity contribution in [2.45, 2.75) is 13.0 Å². The largest absolute Gasteiger partial charge is 0.508 e. The average molecular weight is 324 g/mol. The molecule has 0 radical (unpaired) electrons. The Bertz CT molecular complexity index is 781. The second kappa shape index (κ2) is 7.66. The van der Waals surface area contributed by atoms with Crippen LogP contribution < -0.4 is 10.1 Å². The molecule has 124 valence electrons. The van der Waals surface area contributed by atoms with Crippen LogP contribution in [0.1, 0.15) is 11.3 Å². The number of aromatic hydroxyl groups is 1. The Hall–Kier alpha value is -2.79.